The predicted octanol–water partition coefficient (Wildman–Crippen LogP) is 4.87. The van der Waals surface area contributed by atoms with Crippen LogP contribution in [0.3, 0.4) is 0 Å². The van der Waals surface area contributed by atoms with Gasteiger partial charge in [0.15, 0.2) is 4.77 Å². The zero-order valence-corrected chi connectivity index (χ0v) is 13.9. The van der Waals surface area contributed by atoms with Crippen LogP contribution in [0.2, 0.25) is 0 Å². The Balaban J connectivity index is 2.01. The molecule has 0 atom stereocenters. The van der Waals surface area contributed by atoms with Crippen molar-refractivity contribution in [2.75, 3.05) is 0 Å². The molecule has 0 aromatic carbocycles. The highest BCUT2D eigenvalue weighted by molar-refractivity contribution is 7.71. The van der Waals surface area contributed by atoms with Crippen LogP contribution in [0, 0.1) is 4.77 Å². The van der Waals surface area contributed by atoms with Gasteiger partial charge in [0.25, 0.3) is 5.56 Å². The first-order valence-electron chi connectivity index (χ1n) is 8.02. The quantitative estimate of drug-likeness (QED) is 0.680. The Hall–Kier alpha value is -0.940. The molecule has 0 saturated heterocycles. The van der Waals surface area contributed by atoms with E-state index in [2.05, 4.69) is 9.97 Å². The summed E-state index contributed by atoms with van der Waals surface area (Å²) < 4.78 is 0.435. The normalized spacial score (nSPS) is 17.9. The van der Waals surface area contributed by atoms with Gasteiger partial charge in [-0.05, 0) is 43.5 Å². The number of aromatic nitrogens is 2. The molecule has 0 aliphatic heterocycles. The Bertz CT molecular complexity index is 726. The summed E-state index contributed by atoms with van der Waals surface area (Å²) in [4.78, 5) is 20.5. The maximum Gasteiger partial charge on any atom is 0.260 e. The minimum Gasteiger partial charge on any atom is -0.323 e. The van der Waals surface area contributed by atoms with Gasteiger partial charge in [-0.3, -0.25) is 9.78 Å². The summed E-state index contributed by atoms with van der Waals surface area (Å²) in [5, 5.41) is 0.862. The van der Waals surface area contributed by atoms with E-state index in [9.17, 15) is 4.79 Å². The van der Waals surface area contributed by atoms with Crippen LogP contribution in [0.4, 0.5) is 0 Å². The summed E-state index contributed by atoms with van der Waals surface area (Å²) in [5.74, 6) is 0. The third kappa shape index (κ3) is 3.46. The molecule has 2 aromatic heterocycles. The molecule has 0 radical (unpaired) electrons. The lowest BCUT2D eigenvalue weighted by molar-refractivity contribution is 0.562. The number of nitrogens with one attached hydrogen (secondary N) is 2. The average Bonchev–Trinajstić information content (AvgIpc) is 2.76. The van der Waals surface area contributed by atoms with E-state index < -0.39 is 0 Å². The number of aromatic amines is 2. The van der Waals surface area contributed by atoms with E-state index in [0.29, 0.717) is 4.77 Å². The van der Waals surface area contributed by atoms with Crippen molar-refractivity contribution in [1.82, 2.24) is 9.97 Å². The molecule has 0 fully saturated rings. The standard InChI is InChI=1S/C16H22N2OS2/c19-14-13-11-9-7-5-3-1-2-4-6-8-10-12(11)21-15(13)18-16(20)17-14/h1-10H2,(H2,17,18,19,20). The number of thiophene rings is 1. The van der Waals surface area contributed by atoms with Crippen molar-refractivity contribution in [3.05, 3.63) is 25.6 Å². The SMILES string of the molecule is O=c1[nH]c(=S)[nH]c2sc3c(c12)CCCCCCCCCC3. The average molecular weight is 322 g/mol. The van der Waals surface area contributed by atoms with Crippen molar-refractivity contribution in [1.29, 1.82) is 0 Å². The van der Waals surface area contributed by atoms with E-state index in [1.165, 1.54) is 61.8 Å². The van der Waals surface area contributed by atoms with Crippen LogP contribution >= 0.6 is 23.6 Å². The van der Waals surface area contributed by atoms with Crippen LogP contribution in [0.1, 0.15) is 61.8 Å². The number of aryl methyl sites for hydroxylation is 2. The van der Waals surface area contributed by atoms with Gasteiger partial charge in [0.05, 0.1) is 5.39 Å². The molecule has 0 bridgehead atoms. The number of hydrogen-bond donors (Lipinski definition) is 2. The smallest absolute Gasteiger partial charge is 0.260 e. The summed E-state index contributed by atoms with van der Waals surface area (Å²) in [7, 11) is 0. The molecule has 0 spiro atoms. The van der Waals surface area contributed by atoms with E-state index in [-0.39, 0.29) is 5.56 Å². The van der Waals surface area contributed by atoms with Crippen molar-refractivity contribution in [2.24, 2.45) is 0 Å². The van der Waals surface area contributed by atoms with E-state index >= 15 is 0 Å². The second-order valence-electron chi connectivity index (χ2n) is 5.94. The van der Waals surface area contributed by atoms with Gasteiger partial charge in [0.2, 0.25) is 0 Å². The highest BCUT2D eigenvalue weighted by atomic mass is 32.1. The highest BCUT2D eigenvalue weighted by Crippen LogP contribution is 2.31. The predicted molar refractivity (Wildman–Crippen MR) is 92.0 cm³/mol. The Morgan fingerprint density at radius 3 is 2.19 bits per heavy atom. The van der Waals surface area contributed by atoms with Gasteiger partial charge in [-0.25, -0.2) is 0 Å². The topological polar surface area (TPSA) is 48.6 Å². The highest BCUT2D eigenvalue weighted by Gasteiger charge is 2.15. The largest absolute Gasteiger partial charge is 0.323 e. The summed E-state index contributed by atoms with van der Waals surface area (Å²) in [5.41, 5.74) is 1.27. The zero-order chi connectivity index (χ0) is 14.7. The molecular weight excluding hydrogens is 300 g/mol. The Kier molecular flexibility index (Phi) is 4.91. The van der Waals surface area contributed by atoms with Gasteiger partial charge in [0, 0.05) is 4.88 Å². The first-order chi connectivity index (χ1) is 10.3. The van der Waals surface area contributed by atoms with Gasteiger partial charge in [-0.2, -0.15) is 0 Å². The Labute approximate surface area is 133 Å². The van der Waals surface area contributed by atoms with Crippen molar-refractivity contribution in [3.8, 4) is 0 Å². The van der Waals surface area contributed by atoms with Crippen molar-refractivity contribution in [3.63, 3.8) is 0 Å². The van der Waals surface area contributed by atoms with E-state index in [4.69, 9.17) is 12.2 Å². The van der Waals surface area contributed by atoms with E-state index in [1.807, 2.05) is 0 Å². The lowest BCUT2D eigenvalue weighted by Crippen LogP contribution is -2.08. The fraction of sp³-hybridized carbons (Fsp3) is 0.625. The molecule has 5 heteroatoms. The van der Waals surface area contributed by atoms with Crippen LogP contribution < -0.4 is 5.56 Å². The van der Waals surface area contributed by atoms with Crippen molar-refractivity contribution >= 4 is 33.8 Å². The number of H-pyrrole nitrogens is 2. The van der Waals surface area contributed by atoms with Crippen molar-refractivity contribution < 1.29 is 0 Å². The Morgan fingerprint density at radius 2 is 1.48 bits per heavy atom. The van der Waals surface area contributed by atoms with Crippen LogP contribution in [0.25, 0.3) is 10.2 Å². The molecule has 0 amide bonds. The van der Waals surface area contributed by atoms with Crippen LogP contribution in [0.5, 0.6) is 0 Å². The monoisotopic (exact) mass is 322 g/mol. The number of hydrogen-bond acceptors (Lipinski definition) is 3. The van der Waals surface area contributed by atoms with Gasteiger partial charge in [-0.15, -0.1) is 11.3 Å². The molecule has 114 valence electrons. The van der Waals surface area contributed by atoms with Gasteiger partial charge in [0.1, 0.15) is 4.83 Å². The summed E-state index contributed by atoms with van der Waals surface area (Å²) >= 11 is 6.83. The lowest BCUT2D eigenvalue weighted by atomic mass is 9.99. The molecule has 21 heavy (non-hydrogen) atoms. The van der Waals surface area contributed by atoms with Gasteiger partial charge < -0.3 is 4.98 Å². The molecule has 0 saturated carbocycles. The van der Waals surface area contributed by atoms with Crippen molar-refractivity contribution in [2.45, 2.75) is 64.2 Å². The number of rotatable bonds is 0. The van der Waals surface area contributed by atoms with Crippen LogP contribution in [-0.2, 0) is 12.8 Å². The Morgan fingerprint density at radius 1 is 0.857 bits per heavy atom. The molecule has 1 aliphatic rings. The molecule has 2 aromatic rings. The zero-order valence-electron chi connectivity index (χ0n) is 12.3. The van der Waals surface area contributed by atoms with Crippen LogP contribution in [-0.4, -0.2) is 9.97 Å². The lowest BCUT2D eigenvalue weighted by Gasteiger charge is -2.07. The minimum absolute atomic E-state index is 0.0154. The molecule has 2 N–H and O–H groups in total. The number of fused-ring (bicyclic) bond motifs is 3. The molecule has 3 nitrogen and oxygen atoms in total. The second kappa shape index (κ2) is 6.88. The molecule has 0 unspecified atom stereocenters. The molecular formula is C16H22N2OS2. The fourth-order valence-electron chi connectivity index (χ4n) is 3.25. The summed E-state index contributed by atoms with van der Waals surface area (Å²) in [6.45, 7) is 0. The summed E-state index contributed by atoms with van der Waals surface area (Å²) in [6.07, 6.45) is 12.6. The van der Waals surface area contributed by atoms with E-state index in [0.717, 1.165) is 23.1 Å². The third-order valence-corrected chi connectivity index (χ3v) is 5.76. The molecule has 3 rings (SSSR count). The minimum atomic E-state index is -0.0154. The second-order valence-corrected chi connectivity index (χ2v) is 7.46. The van der Waals surface area contributed by atoms with E-state index in [1.54, 1.807) is 11.3 Å². The molecule has 1 aliphatic carbocycles. The fourth-order valence-corrected chi connectivity index (χ4v) is 4.81. The first-order valence-corrected chi connectivity index (χ1v) is 9.25. The van der Waals surface area contributed by atoms with Crippen LogP contribution in [0.15, 0.2) is 4.79 Å². The maximum absolute atomic E-state index is 12.3. The first kappa shape index (κ1) is 15.0. The maximum atomic E-state index is 12.3. The molecule has 2 heterocycles. The van der Waals surface area contributed by atoms with Gasteiger partial charge in [-0.1, -0.05) is 38.5 Å². The third-order valence-electron chi connectivity index (χ3n) is 4.35. The van der Waals surface area contributed by atoms with Gasteiger partial charge >= 0.3 is 0 Å². The summed E-state index contributed by atoms with van der Waals surface area (Å²) in [6, 6.07) is 0.